The molecule has 14 heavy (non-hydrogen) atoms. The quantitative estimate of drug-likeness (QED) is 0.686. The Hall–Kier alpha value is -0.570. The summed E-state index contributed by atoms with van der Waals surface area (Å²) in [5, 5.41) is 3.15. The van der Waals surface area contributed by atoms with E-state index in [4.69, 9.17) is 4.74 Å². The molecule has 1 rings (SSSR count). The fourth-order valence-corrected chi connectivity index (χ4v) is 2.79. The lowest BCUT2D eigenvalue weighted by Gasteiger charge is -2.40. The van der Waals surface area contributed by atoms with Crippen molar-refractivity contribution in [3.05, 3.63) is 0 Å². The van der Waals surface area contributed by atoms with Crippen LogP contribution in [0.2, 0.25) is 0 Å². The maximum Gasteiger partial charge on any atom is 0.326 e. The number of hydrogen-bond donors (Lipinski definition) is 1. The van der Waals surface area contributed by atoms with E-state index >= 15 is 0 Å². The molecular weight excluding hydrogens is 178 g/mol. The van der Waals surface area contributed by atoms with Crippen LogP contribution >= 0.6 is 0 Å². The van der Waals surface area contributed by atoms with Crippen LogP contribution in [0, 0.1) is 11.8 Å². The van der Waals surface area contributed by atoms with Crippen LogP contribution in [-0.4, -0.2) is 25.7 Å². The van der Waals surface area contributed by atoms with E-state index < -0.39 is 5.54 Å². The van der Waals surface area contributed by atoms with Gasteiger partial charge in [0.1, 0.15) is 5.54 Å². The van der Waals surface area contributed by atoms with E-state index in [1.54, 1.807) is 0 Å². The molecule has 0 aromatic carbocycles. The summed E-state index contributed by atoms with van der Waals surface area (Å²) in [6.45, 7) is 4.40. The minimum absolute atomic E-state index is 0.113. The zero-order valence-electron chi connectivity index (χ0n) is 9.59. The first-order valence-electron chi connectivity index (χ1n) is 5.31. The number of carbonyl (C=O) groups is 1. The molecule has 0 aromatic rings. The van der Waals surface area contributed by atoms with Gasteiger partial charge in [0.05, 0.1) is 7.11 Å². The Balaban J connectivity index is 2.81. The van der Waals surface area contributed by atoms with Crippen molar-refractivity contribution >= 4 is 5.97 Å². The lowest BCUT2D eigenvalue weighted by atomic mass is 9.71. The third kappa shape index (κ3) is 2.08. The molecule has 82 valence electrons. The van der Waals surface area contributed by atoms with Gasteiger partial charge in [-0.1, -0.05) is 13.8 Å². The number of ether oxygens (including phenoxy) is 1. The molecule has 1 saturated carbocycles. The maximum absolute atomic E-state index is 11.7. The summed E-state index contributed by atoms with van der Waals surface area (Å²) >= 11 is 0. The van der Waals surface area contributed by atoms with Crippen molar-refractivity contribution in [2.24, 2.45) is 11.8 Å². The zero-order valence-corrected chi connectivity index (χ0v) is 9.59. The first kappa shape index (κ1) is 11.5. The Kier molecular flexibility index (Phi) is 3.53. The van der Waals surface area contributed by atoms with Crippen LogP contribution in [0.5, 0.6) is 0 Å². The number of carbonyl (C=O) groups excluding carboxylic acids is 1. The lowest BCUT2D eigenvalue weighted by Crippen LogP contribution is -2.55. The summed E-state index contributed by atoms with van der Waals surface area (Å²) in [4.78, 5) is 11.7. The molecule has 1 N–H and O–H groups in total. The second-order valence-corrected chi connectivity index (χ2v) is 4.68. The van der Waals surface area contributed by atoms with Gasteiger partial charge in [0.15, 0.2) is 0 Å². The first-order chi connectivity index (χ1) is 6.54. The number of nitrogens with one attached hydrogen (secondary N) is 1. The molecule has 0 heterocycles. The Morgan fingerprint density at radius 2 is 1.86 bits per heavy atom. The summed E-state index contributed by atoms with van der Waals surface area (Å²) < 4.78 is 4.88. The van der Waals surface area contributed by atoms with Gasteiger partial charge in [0.2, 0.25) is 0 Å². The van der Waals surface area contributed by atoms with Gasteiger partial charge >= 0.3 is 5.97 Å². The van der Waals surface area contributed by atoms with E-state index in [9.17, 15) is 4.79 Å². The first-order valence-corrected chi connectivity index (χ1v) is 5.31. The van der Waals surface area contributed by atoms with E-state index in [-0.39, 0.29) is 5.97 Å². The molecule has 0 saturated heterocycles. The molecule has 0 spiro atoms. The number of rotatable bonds is 2. The third-order valence-corrected chi connectivity index (χ3v) is 3.25. The summed E-state index contributed by atoms with van der Waals surface area (Å²) in [6.07, 6.45) is 2.99. The number of methoxy groups -OCH3 is 1. The minimum Gasteiger partial charge on any atom is -0.468 e. The topological polar surface area (TPSA) is 38.3 Å². The standard InChI is InChI=1S/C11H21NO2/c1-8-5-9(2)7-11(6-8,12-3)10(13)14-4/h8-9,12H,5-7H2,1-4H3. The molecule has 1 aliphatic rings. The Bertz CT molecular complexity index is 205. The van der Waals surface area contributed by atoms with Crippen molar-refractivity contribution in [3.63, 3.8) is 0 Å². The van der Waals surface area contributed by atoms with Gasteiger partial charge in [-0.05, 0) is 38.1 Å². The molecular formula is C11H21NO2. The fourth-order valence-electron chi connectivity index (χ4n) is 2.79. The highest BCUT2D eigenvalue weighted by Crippen LogP contribution is 2.36. The highest BCUT2D eigenvalue weighted by molar-refractivity contribution is 5.80. The van der Waals surface area contributed by atoms with Crippen molar-refractivity contribution < 1.29 is 9.53 Å². The molecule has 0 aromatic heterocycles. The molecule has 2 unspecified atom stereocenters. The third-order valence-electron chi connectivity index (χ3n) is 3.25. The van der Waals surface area contributed by atoms with Crippen LogP contribution in [-0.2, 0) is 9.53 Å². The normalized spacial score (nSPS) is 38.0. The van der Waals surface area contributed by atoms with E-state index in [1.165, 1.54) is 13.5 Å². The van der Waals surface area contributed by atoms with Gasteiger partial charge < -0.3 is 10.1 Å². The summed E-state index contributed by atoms with van der Waals surface area (Å²) in [7, 11) is 3.31. The van der Waals surface area contributed by atoms with Gasteiger partial charge in [0.25, 0.3) is 0 Å². The van der Waals surface area contributed by atoms with Crippen molar-refractivity contribution in [1.82, 2.24) is 5.32 Å². The smallest absolute Gasteiger partial charge is 0.326 e. The van der Waals surface area contributed by atoms with Crippen molar-refractivity contribution in [2.45, 2.75) is 38.6 Å². The van der Waals surface area contributed by atoms with Gasteiger partial charge in [-0.3, -0.25) is 4.79 Å². The number of likely N-dealkylation sites (N-methyl/N-ethyl adjacent to an activating group) is 1. The average molecular weight is 199 g/mol. The molecule has 0 radical (unpaired) electrons. The predicted molar refractivity (Wildman–Crippen MR) is 56.0 cm³/mol. The van der Waals surface area contributed by atoms with E-state index in [2.05, 4.69) is 19.2 Å². The molecule has 0 aliphatic heterocycles. The van der Waals surface area contributed by atoms with Crippen molar-refractivity contribution in [3.8, 4) is 0 Å². The fraction of sp³-hybridized carbons (Fsp3) is 0.909. The van der Waals surface area contributed by atoms with Gasteiger partial charge in [-0.25, -0.2) is 0 Å². The Labute approximate surface area is 86.2 Å². The second-order valence-electron chi connectivity index (χ2n) is 4.68. The molecule has 0 bridgehead atoms. The van der Waals surface area contributed by atoms with Gasteiger partial charge in [-0.15, -0.1) is 0 Å². The SMILES string of the molecule is CNC1(C(=O)OC)CC(C)CC(C)C1. The van der Waals surface area contributed by atoms with Crippen LogP contribution in [0.25, 0.3) is 0 Å². The van der Waals surface area contributed by atoms with Crippen LogP contribution in [0.1, 0.15) is 33.1 Å². The monoisotopic (exact) mass is 199 g/mol. The zero-order chi connectivity index (χ0) is 10.8. The highest BCUT2D eigenvalue weighted by Gasteiger charge is 2.43. The van der Waals surface area contributed by atoms with E-state index in [0.29, 0.717) is 11.8 Å². The summed E-state index contributed by atoms with van der Waals surface area (Å²) in [6, 6.07) is 0. The van der Waals surface area contributed by atoms with E-state index in [0.717, 1.165) is 12.8 Å². The van der Waals surface area contributed by atoms with Gasteiger partial charge in [-0.2, -0.15) is 0 Å². The molecule has 1 aliphatic carbocycles. The Morgan fingerprint density at radius 1 is 1.36 bits per heavy atom. The van der Waals surface area contributed by atoms with Crippen LogP contribution in [0.4, 0.5) is 0 Å². The second kappa shape index (κ2) is 4.30. The molecule has 3 nitrogen and oxygen atoms in total. The Morgan fingerprint density at radius 3 is 2.21 bits per heavy atom. The van der Waals surface area contributed by atoms with Crippen molar-refractivity contribution in [1.29, 1.82) is 0 Å². The van der Waals surface area contributed by atoms with Crippen LogP contribution < -0.4 is 5.32 Å². The number of hydrogen-bond acceptors (Lipinski definition) is 3. The number of esters is 1. The van der Waals surface area contributed by atoms with Gasteiger partial charge in [0, 0.05) is 0 Å². The highest BCUT2D eigenvalue weighted by atomic mass is 16.5. The van der Waals surface area contributed by atoms with Crippen molar-refractivity contribution in [2.75, 3.05) is 14.2 Å². The molecule has 0 amide bonds. The molecule has 3 heteroatoms. The maximum atomic E-state index is 11.7. The molecule has 1 fully saturated rings. The summed E-state index contributed by atoms with van der Waals surface area (Å²) in [5.41, 5.74) is -0.439. The molecule has 2 atom stereocenters. The van der Waals surface area contributed by atoms with Crippen LogP contribution in [0.15, 0.2) is 0 Å². The minimum atomic E-state index is -0.439. The van der Waals surface area contributed by atoms with E-state index in [1.807, 2.05) is 7.05 Å². The lowest BCUT2D eigenvalue weighted by molar-refractivity contribution is -0.151. The predicted octanol–water partition coefficient (Wildman–Crippen LogP) is 1.57. The summed E-state index contributed by atoms with van der Waals surface area (Å²) in [5.74, 6) is 1.06. The average Bonchev–Trinajstić information content (AvgIpc) is 2.14. The largest absolute Gasteiger partial charge is 0.468 e. The van der Waals surface area contributed by atoms with Crippen LogP contribution in [0.3, 0.4) is 0 Å².